The fraction of sp³-hybridized carbons (Fsp3) is 0.250. The molecule has 10 heavy (non-hydrogen) atoms. The highest BCUT2D eigenvalue weighted by molar-refractivity contribution is 7.79. The van der Waals surface area contributed by atoms with E-state index in [0.717, 1.165) is 11.1 Å². The van der Waals surface area contributed by atoms with E-state index in [1.165, 1.54) is 12.1 Å². The molecular formula is C8H9FS. The van der Waals surface area contributed by atoms with Crippen molar-refractivity contribution in [2.24, 2.45) is 0 Å². The van der Waals surface area contributed by atoms with Gasteiger partial charge in [-0.15, -0.1) is 0 Å². The summed E-state index contributed by atoms with van der Waals surface area (Å²) < 4.78 is 12.5. The van der Waals surface area contributed by atoms with E-state index in [2.05, 4.69) is 12.6 Å². The van der Waals surface area contributed by atoms with Crippen molar-refractivity contribution in [3.8, 4) is 0 Å². The first-order valence-electron chi connectivity index (χ1n) is 3.10. The van der Waals surface area contributed by atoms with E-state index in [9.17, 15) is 4.39 Å². The normalized spacial score (nSPS) is 9.90. The number of halogens is 1. The van der Waals surface area contributed by atoms with E-state index in [-0.39, 0.29) is 5.82 Å². The highest BCUT2D eigenvalue weighted by Crippen LogP contribution is 2.11. The maximum atomic E-state index is 12.5. The lowest BCUT2D eigenvalue weighted by molar-refractivity contribution is 0.626. The van der Waals surface area contributed by atoms with Crippen molar-refractivity contribution in [2.45, 2.75) is 12.7 Å². The van der Waals surface area contributed by atoms with Gasteiger partial charge in [-0.1, -0.05) is 6.07 Å². The molecule has 0 aromatic heterocycles. The second kappa shape index (κ2) is 3.06. The van der Waals surface area contributed by atoms with Gasteiger partial charge in [-0.3, -0.25) is 0 Å². The molecule has 54 valence electrons. The highest BCUT2D eigenvalue weighted by Gasteiger charge is 1.95. The predicted molar refractivity (Wildman–Crippen MR) is 43.8 cm³/mol. The maximum Gasteiger partial charge on any atom is 0.123 e. The molecule has 0 heterocycles. The summed E-state index contributed by atoms with van der Waals surface area (Å²) in [5.41, 5.74) is 2.06. The molecule has 0 aliphatic heterocycles. The molecule has 0 bridgehead atoms. The number of benzene rings is 1. The average molecular weight is 156 g/mol. The number of hydrogen-bond donors (Lipinski definition) is 1. The summed E-state index contributed by atoms with van der Waals surface area (Å²) in [5.74, 6) is 0.495. The fourth-order valence-corrected chi connectivity index (χ4v) is 1.19. The van der Waals surface area contributed by atoms with Gasteiger partial charge in [-0.25, -0.2) is 4.39 Å². The molecule has 0 radical (unpaired) electrons. The summed E-state index contributed by atoms with van der Waals surface area (Å²) >= 11 is 4.09. The molecule has 0 spiro atoms. The molecule has 1 rings (SSSR count). The largest absolute Gasteiger partial charge is 0.207 e. The molecule has 0 nitrogen and oxygen atoms in total. The Balaban J connectivity index is 3.07. The first-order valence-corrected chi connectivity index (χ1v) is 3.73. The molecule has 0 atom stereocenters. The third-order valence-electron chi connectivity index (χ3n) is 1.47. The standard InChI is InChI=1S/C8H9FS/c1-6-4-8(9)3-2-7(6)5-10/h2-4,10H,5H2,1H3. The highest BCUT2D eigenvalue weighted by atomic mass is 32.1. The molecular weight excluding hydrogens is 147 g/mol. The lowest BCUT2D eigenvalue weighted by Gasteiger charge is -1.99. The van der Waals surface area contributed by atoms with Crippen LogP contribution in [0, 0.1) is 12.7 Å². The summed E-state index contributed by atoms with van der Waals surface area (Å²) in [6.45, 7) is 1.88. The van der Waals surface area contributed by atoms with Crippen molar-refractivity contribution in [3.05, 3.63) is 35.1 Å². The van der Waals surface area contributed by atoms with Crippen LogP contribution in [0.1, 0.15) is 11.1 Å². The van der Waals surface area contributed by atoms with E-state index < -0.39 is 0 Å². The summed E-state index contributed by atoms with van der Waals surface area (Å²) in [6.07, 6.45) is 0. The molecule has 2 heteroatoms. The van der Waals surface area contributed by atoms with Gasteiger partial charge in [0.25, 0.3) is 0 Å². The number of thiol groups is 1. The summed E-state index contributed by atoms with van der Waals surface area (Å²) in [4.78, 5) is 0. The third kappa shape index (κ3) is 1.51. The van der Waals surface area contributed by atoms with Crippen LogP contribution in [-0.4, -0.2) is 0 Å². The van der Waals surface area contributed by atoms with Crippen LogP contribution >= 0.6 is 12.6 Å². The van der Waals surface area contributed by atoms with Gasteiger partial charge in [0, 0.05) is 5.75 Å². The minimum atomic E-state index is -0.178. The minimum Gasteiger partial charge on any atom is -0.207 e. The van der Waals surface area contributed by atoms with Gasteiger partial charge < -0.3 is 0 Å². The second-order valence-corrected chi connectivity index (χ2v) is 2.55. The Morgan fingerprint density at radius 2 is 2.20 bits per heavy atom. The number of aryl methyl sites for hydroxylation is 1. The Labute approximate surface area is 65.5 Å². The van der Waals surface area contributed by atoms with E-state index in [0.29, 0.717) is 5.75 Å². The molecule has 0 N–H and O–H groups in total. The molecule has 0 fully saturated rings. The summed E-state index contributed by atoms with van der Waals surface area (Å²) in [7, 11) is 0. The lowest BCUT2D eigenvalue weighted by atomic mass is 10.1. The van der Waals surface area contributed by atoms with Crippen LogP contribution in [-0.2, 0) is 5.75 Å². The minimum absolute atomic E-state index is 0.178. The van der Waals surface area contributed by atoms with E-state index >= 15 is 0 Å². The Bertz CT molecular complexity index is 233. The molecule has 0 aliphatic carbocycles. The first-order chi connectivity index (χ1) is 4.74. The van der Waals surface area contributed by atoms with Gasteiger partial charge in [0.15, 0.2) is 0 Å². The van der Waals surface area contributed by atoms with Crippen molar-refractivity contribution in [2.75, 3.05) is 0 Å². The molecule has 0 saturated carbocycles. The van der Waals surface area contributed by atoms with Gasteiger partial charge in [-0.05, 0) is 30.2 Å². The van der Waals surface area contributed by atoms with E-state index in [1.54, 1.807) is 6.07 Å². The summed E-state index contributed by atoms with van der Waals surface area (Å²) in [5, 5.41) is 0. The SMILES string of the molecule is Cc1cc(F)ccc1CS. The van der Waals surface area contributed by atoms with Crippen molar-refractivity contribution < 1.29 is 4.39 Å². The first kappa shape index (κ1) is 7.61. The third-order valence-corrected chi connectivity index (χ3v) is 1.82. The lowest BCUT2D eigenvalue weighted by Crippen LogP contribution is -1.85. The van der Waals surface area contributed by atoms with Crippen LogP contribution in [0.2, 0.25) is 0 Å². The number of rotatable bonds is 1. The Morgan fingerprint density at radius 3 is 2.70 bits per heavy atom. The molecule has 0 aliphatic rings. The predicted octanol–water partition coefficient (Wildman–Crippen LogP) is 2.56. The van der Waals surface area contributed by atoms with Gasteiger partial charge >= 0.3 is 0 Å². The Hall–Kier alpha value is -0.500. The van der Waals surface area contributed by atoms with Crippen molar-refractivity contribution in [1.29, 1.82) is 0 Å². The van der Waals surface area contributed by atoms with Crippen molar-refractivity contribution >= 4 is 12.6 Å². The molecule has 1 aromatic rings. The zero-order chi connectivity index (χ0) is 7.56. The van der Waals surface area contributed by atoms with Gasteiger partial charge in [0.05, 0.1) is 0 Å². The Kier molecular flexibility index (Phi) is 2.33. The molecule has 0 amide bonds. The quantitative estimate of drug-likeness (QED) is 0.593. The van der Waals surface area contributed by atoms with Gasteiger partial charge in [0.2, 0.25) is 0 Å². The van der Waals surface area contributed by atoms with Crippen LogP contribution in [0.4, 0.5) is 4.39 Å². The van der Waals surface area contributed by atoms with Crippen LogP contribution in [0.3, 0.4) is 0 Å². The zero-order valence-corrected chi connectivity index (χ0v) is 6.66. The van der Waals surface area contributed by atoms with Crippen LogP contribution in [0.5, 0.6) is 0 Å². The van der Waals surface area contributed by atoms with Crippen LogP contribution in [0.25, 0.3) is 0 Å². The van der Waals surface area contributed by atoms with Gasteiger partial charge in [0.1, 0.15) is 5.82 Å². The second-order valence-electron chi connectivity index (χ2n) is 2.23. The molecule has 0 unspecified atom stereocenters. The number of hydrogen-bond acceptors (Lipinski definition) is 1. The van der Waals surface area contributed by atoms with E-state index in [1.807, 2.05) is 6.92 Å². The smallest absolute Gasteiger partial charge is 0.123 e. The molecule has 0 saturated heterocycles. The average Bonchev–Trinajstić information content (AvgIpc) is 1.88. The monoisotopic (exact) mass is 156 g/mol. The molecule has 1 aromatic carbocycles. The van der Waals surface area contributed by atoms with Crippen molar-refractivity contribution in [1.82, 2.24) is 0 Å². The van der Waals surface area contributed by atoms with E-state index in [4.69, 9.17) is 0 Å². The van der Waals surface area contributed by atoms with Crippen LogP contribution < -0.4 is 0 Å². The zero-order valence-electron chi connectivity index (χ0n) is 5.76. The van der Waals surface area contributed by atoms with Crippen LogP contribution in [0.15, 0.2) is 18.2 Å². The topological polar surface area (TPSA) is 0 Å². The fourth-order valence-electron chi connectivity index (χ4n) is 0.837. The maximum absolute atomic E-state index is 12.5. The Morgan fingerprint density at radius 1 is 1.50 bits per heavy atom. The van der Waals surface area contributed by atoms with Gasteiger partial charge in [-0.2, -0.15) is 12.6 Å². The summed E-state index contributed by atoms with van der Waals surface area (Å²) in [6, 6.07) is 4.74. The van der Waals surface area contributed by atoms with Crippen molar-refractivity contribution in [3.63, 3.8) is 0 Å².